The van der Waals surface area contributed by atoms with Crippen molar-refractivity contribution >= 4 is 28.5 Å². The number of benzene rings is 2. The van der Waals surface area contributed by atoms with Crippen LogP contribution in [0.15, 0.2) is 48.5 Å². The number of aromatic nitrogens is 1. The number of rotatable bonds is 4. The standard InChI is InChI=1S/C18H14ClNO3/c1-2-23-16-9-4-3-6-12(16)15-10-13(18(21)22)11-7-5-8-14(19)17(11)20-15/h3-10H,2H2,1H3,(H,21,22). The zero-order valence-corrected chi connectivity index (χ0v) is 13.2. The molecule has 0 fully saturated rings. The molecular weight excluding hydrogens is 314 g/mol. The van der Waals surface area contributed by atoms with Gasteiger partial charge in [0.25, 0.3) is 0 Å². The first kappa shape index (κ1) is 15.3. The van der Waals surface area contributed by atoms with Crippen molar-refractivity contribution in [1.29, 1.82) is 0 Å². The fourth-order valence-corrected chi connectivity index (χ4v) is 2.70. The Morgan fingerprint density at radius 3 is 2.74 bits per heavy atom. The van der Waals surface area contributed by atoms with Crippen molar-refractivity contribution in [1.82, 2.24) is 4.98 Å². The molecule has 1 heterocycles. The van der Waals surface area contributed by atoms with E-state index in [-0.39, 0.29) is 5.56 Å². The van der Waals surface area contributed by atoms with E-state index < -0.39 is 5.97 Å². The number of pyridine rings is 1. The Kier molecular flexibility index (Phi) is 4.17. The van der Waals surface area contributed by atoms with Crippen molar-refractivity contribution in [2.24, 2.45) is 0 Å². The van der Waals surface area contributed by atoms with Crippen LogP contribution < -0.4 is 4.74 Å². The lowest BCUT2D eigenvalue weighted by Gasteiger charge is -2.12. The maximum absolute atomic E-state index is 11.6. The molecule has 1 N–H and O–H groups in total. The molecule has 23 heavy (non-hydrogen) atoms. The summed E-state index contributed by atoms with van der Waals surface area (Å²) in [5.41, 5.74) is 1.89. The van der Waals surface area contributed by atoms with Gasteiger partial charge in [-0.2, -0.15) is 0 Å². The third-order valence-electron chi connectivity index (χ3n) is 3.48. The number of carboxylic acids is 1. The highest BCUT2D eigenvalue weighted by atomic mass is 35.5. The minimum atomic E-state index is -1.02. The molecule has 0 spiro atoms. The summed E-state index contributed by atoms with van der Waals surface area (Å²) in [4.78, 5) is 16.2. The molecule has 0 unspecified atom stereocenters. The predicted molar refractivity (Wildman–Crippen MR) is 90.3 cm³/mol. The summed E-state index contributed by atoms with van der Waals surface area (Å²) in [6.07, 6.45) is 0. The molecule has 0 bridgehead atoms. The molecular formula is C18H14ClNO3. The molecule has 3 aromatic rings. The number of nitrogens with zero attached hydrogens (tertiary/aromatic N) is 1. The van der Waals surface area contributed by atoms with E-state index in [2.05, 4.69) is 4.98 Å². The molecule has 4 nitrogen and oxygen atoms in total. The van der Waals surface area contributed by atoms with Gasteiger partial charge in [0.1, 0.15) is 5.75 Å². The average molecular weight is 328 g/mol. The van der Waals surface area contributed by atoms with E-state index in [0.717, 1.165) is 5.56 Å². The van der Waals surface area contributed by atoms with Gasteiger partial charge in [-0.15, -0.1) is 0 Å². The van der Waals surface area contributed by atoms with Crippen molar-refractivity contribution in [2.75, 3.05) is 6.61 Å². The predicted octanol–water partition coefficient (Wildman–Crippen LogP) is 4.65. The van der Waals surface area contributed by atoms with Crippen molar-refractivity contribution in [2.45, 2.75) is 6.92 Å². The molecule has 0 aliphatic rings. The Morgan fingerprint density at radius 2 is 2.00 bits per heavy atom. The van der Waals surface area contributed by atoms with Gasteiger partial charge in [0.15, 0.2) is 0 Å². The largest absolute Gasteiger partial charge is 0.493 e. The van der Waals surface area contributed by atoms with Crippen LogP contribution in [0.4, 0.5) is 0 Å². The van der Waals surface area contributed by atoms with E-state index in [4.69, 9.17) is 16.3 Å². The van der Waals surface area contributed by atoms with Crippen molar-refractivity contribution < 1.29 is 14.6 Å². The molecule has 5 heteroatoms. The number of fused-ring (bicyclic) bond motifs is 1. The Balaban J connectivity index is 2.31. The van der Waals surface area contributed by atoms with Crippen LogP contribution in [0, 0.1) is 0 Å². The topological polar surface area (TPSA) is 59.4 Å². The molecule has 2 aromatic carbocycles. The zero-order chi connectivity index (χ0) is 16.4. The van der Waals surface area contributed by atoms with Gasteiger partial charge in [0, 0.05) is 10.9 Å². The molecule has 116 valence electrons. The second kappa shape index (κ2) is 6.26. The van der Waals surface area contributed by atoms with Crippen molar-refractivity contribution in [3.05, 3.63) is 59.1 Å². The van der Waals surface area contributed by atoms with Crippen molar-refractivity contribution in [3.63, 3.8) is 0 Å². The van der Waals surface area contributed by atoms with E-state index in [1.165, 1.54) is 0 Å². The molecule has 0 saturated carbocycles. The molecule has 3 rings (SSSR count). The average Bonchev–Trinajstić information content (AvgIpc) is 2.55. The number of carbonyl (C=O) groups is 1. The first-order valence-corrected chi connectivity index (χ1v) is 7.54. The summed E-state index contributed by atoms with van der Waals surface area (Å²) in [7, 11) is 0. The maximum atomic E-state index is 11.6. The quantitative estimate of drug-likeness (QED) is 0.757. The van der Waals surface area contributed by atoms with E-state index in [1.54, 1.807) is 24.3 Å². The number of hydrogen-bond donors (Lipinski definition) is 1. The van der Waals surface area contributed by atoms with Crippen LogP contribution in [0.25, 0.3) is 22.2 Å². The Bertz CT molecular complexity index is 893. The summed E-state index contributed by atoms with van der Waals surface area (Å²) in [5.74, 6) is -0.361. The van der Waals surface area contributed by atoms with Crippen molar-refractivity contribution in [3.8, 4) is 17.0 Å². The number of para-hydroxylation sites is 2. The van der Waals surface area contributed by atoms with E-state index in [9.17, 15) is 9.90 Å². The number of ether oxygens (including phenoxy) is 1. The lowest BCUT2D eigenvalue weighted by Crippen LogP contribution is -2.01. The number of aromatic carboxylic acids is 1. The van der Waals surface area contributed by atoms with Gasteiger partial charge in [0.05, 0.1) is 28.4 Å². The highest BCUT2D eigenvalue weighted by Crippen LogP contribution is 2.33. The molecule has 0 atom stereocenters. The van der Waals surface area contributed by atoms with Crippen LogP contribution >= 0.6 is 11.6 Å². The summed E-state index contributed by atoms with van der Waals surface area (Å²) >= 11 is 6.21. The van der Waals surface area contributed by atoms with Gasteiger partial charge >= 0.3 is 5.97 Å². The summed E-state index contributed by atoms with van der Waals surface area (Å²) in [5, 5.41) is 10.4. The van der Waals surface area contributed by atoms with Crippen LogP contribution in [0.5, 0.6) is 5.75 Å². The van der Waals surface area contributed by atoms with Gasteiger partial charge in [-0.05, 0) is 31.2 Å². The monoisotopic (exact) mass is 327 g/mol. The molecule has 0 amide bonds. The molecule has 0 aliphatic heterocycles. The van der Waals surface area contributed by atoms with Gasteiger partial charge in [0.2, 0.25) is 0 Å². The van der Waals surface area contributed by atoms with E-state index in [1.807, 2.05) is 31.2 Å². The minimum absolute atomic E-state index is 0.166. The molecule has 0 radical (unpaired) electrons. The molecule has 0 aliphatic carbocycles. The van der Waals surface area contributed by atoms with Crippen LogP contribution in [-0.2, 0) is 0 Å². The first-order chi connectivity index (χ1) is 11.1. The SMILES string of the molecule is CCOc1ccccc1-c1cc(C(=O)O)c2cccc(Cl)c2n1. The Labute approximate surface area is 138 Å². The van der Waals surface area contributed by atoms with Crippen LogP contribution in [0.2, 0.25) is 5.02 Å². The fourth-order valence-electron chi connectivity index (χ4n) is 2.49. The third kappa shape index (κ3) is 2.85. The number of carboxylic acid groups (broad SMARTS) is 1. The Morgan fingerprint density at radius 1 is 1.22 bits per heavy atom. The second-order valence-electron chi connectivity index (χ2n) is 4.93. The lowest BCUT2D eigenvalue weighted by atomic mass is 10.0. The zero-order valence-electron chi connectivity index (χ0n) is 12.4. The smallest absolute Gasteiger partial charge is 0.336 e. The van der Waals surface area contributed by atoms with Crippen LogP contribution in [0.1, 0.15) is 17.3 Å². The number of halogens is 1. The molecule has 1 aromatic heterocycles. The van der Waals surface area contributed by atoms with Gasteiger partial charge < -0.3 is 9.84 Å². The second-order valence-corrected chi connectivity index (χ2v) is 5.33. The van der Waals surface area contributed by atoms with E-state index in [0.29, 0.717) is 34.0 Å². The lowest BCUT2D eigenvalue weighted by molar-refractivity contribution is 0.0699. The van der Waals surface area contributed by atoms with Crippen LogP contribution in [-0.4, -0.2) is 22.7 Å². The van der Waals surface area contributed by atoms with Crippen LogP contribution in [0.3, 0.4) is 0 Å². The number of hydrogen-bond acceptors (Lipinski definition) is 3. The Hall–Kier alpha value is -2.59. The summed E-state index contributed by atoms with van der Waals surface area (Å²) < 4.78 is 5.61. The third-order valence-corrected chi connectivity index (χ3v) is 3.79. The summed E-state index contributed by atoms with van der Waals surface area (Å²) in [6.45, 7) is 2.40. The van der Waals surface area contributed by atoms with Gasteiger partial charge in [-0.25, -0.2) is 9.78 Å². The summed E-state index contributed by atoms with van der Waals surface area (Å²) in [6, 6.07) is 14.1. The highest BCUT2D eigenvalue weighted by Gasteiger charge is 2.16. The normalized spacial score (nSPS) is 10.7. The molecule has 0 saturated heterocycles. The fraction of sp³-hybridized carbons (Fsp3) is 0.111. The maximum Gasteiger partial charge on any atom is 0.336 e. The first-order valence-electron chi connectivity index (χ1n) is 7.16. The highest BCUT2D eigenvalue weighted by molar-refractivity contribution is 6.35. The van der Waals surface area contributed by atoms with E-state index >= 15 is 0 Å². The van der Waals surface area contributed by atoms with Gasteiger partial charge in [-0.1, -0.05) is 35.9 Å². The van der Waals surface area contributed by atoms with Gasteiger partial charge in [-0.3, -0.25) is 0 Å². The minimum Gasteiger partial charge on any atom is -0.493 e.